The molecule has 2 aliphatic rings. The summed E-state index contributed by atoms with van der Waals surface area (Å²) in [5, 5.41) is 0. The van der Waals surface area contributed by atoms with E-state index in [0.717, 1.165) is 29.9 Å². The smallest absolute Gasteiger partial charge is 0.434 e. The predicted molar refractivity (Wildman–Crippen MR) is 122 cm³/mol. The normalized spacial score (nSPS) is 19.5. The van der Waals surface area contributed by atoms with Gasteiger partial charge in [0.15, 0.2) is 0 Å². The quantitative estimate of drug-likeness (QED) is 0.318. The third kappa shape index (κ3) is 7.63. The number of rotatable bonds is 7. The van der Waals surface area contributed by atoms with Crippen molar-refractivity contribution in [3.63, 3.8) is 0 Å². The molecule has 2 aliphatic heterocycles. The monoisotopic (exact) mass is 578 g/mol. The van der Waals surface area contributed by atoms with Crippen LogP contribution in [0.15, 0.2) is 18.2 Å². The lowest BCUT2D eigenvalue weighted by atomic mass is 9.84. The van der Waals surface area contributed by atoms with Crippen molar-refractivity contribution in [1.82, 2.24) is 9.80 Å². The Morgan fingerprint density at radius 1 is 0.974 bits per heavy atom. The highest BCUT2D eigenvalue weighted by molar-refractivity contribution is 5.68. The molecule has 0 N–H and O–H groups in total. The average Bonchev–Trinajstić information content (AvgIpc) is 3.18. The van der Waals surface area contributed by atoms with Gasteiger partial charge in [-0.15, -0.1) is 0 Å². The Balaban J connectivity index is 1.73. The predicted octanol–water partition coefficient (Wildman–Crippen LogP) is 7.33. The van der Waals surface area contributed by atoms with Crippen LogP contribution in [-0.2, 0) is 17.5 Å². The molecule has 2 saturated heterocycles. The Bertz CT molecular complexity index is 972. The fourth-order valence-electron chi connectivity index (χ4n) is 5.27. The molecule has 0 aromatic heterocycles. The molecule has 39 heavy (non-hydrogen) atoms. The minimum Gasteiger partial charge on any atom is -0.490 e. The van der Waals surface area contributed by atoms with Crippen molar-refractivity contribution in [2.75, 3.05) is 19.6 Å². The zero-order valence-corrected chi connectivity index (χ0v) is 21.5. The van der Waals surface area contributed by atoms with Crippen LogP contribution in [-0.4, -0.2) is 65.6 Å². The first-order chi connectivity index (χ1) is 18.0. The van der Waals surface area contributed by atoms with E-state index < -0.39 is 41.8 Å². The maximum absolute atomic E-state index is 13.4. The zero-order chi connectivity index (χ0) is 29.2. The number of hydrogen-bond donors (Lipinski definition) is 0. The lowest BCUT2D eigenvalue weighted by Gasteiger charge is -2.45. The van der Waals surface area contributed by atoms with Crippen molar-refractivity contribution in [3.8, 4) is 5.75 Å². The number of alkyl halides is 9. The molecule has 1 aromatic carbocycles. The van der Waals surface area contributed by atoms with Crippen LogP contribution in [0.4, 0.5) is 44.3 Å². The number of piperidine rings is 1. The Morgan fingerprint density at radius 2 is 1.59 bits per heavy atom. The van der Waals surface area contributed by atoms with Crippen molar-refractivity contribution >= 4 is 6.09 Å². The number of carbonyl (C=O) groups excluding carboxylic acids is 1. The molecule has 2 fully saturated rings. The Kier molecular flexibility index (Phi) is 9.28. The molecule has 0 aliphatic carbocycles. The Morgan fingerprint density at radius 3 is 2.13 bits per heavy atom. The number of hydrogen-bond acceptors (Lipinski definition) is 4. The highest BCUT2D eigenvalue weighted by atomic mass is 19.4. The molecule has 2 heterocycles. The second-order valence-electron chi connectivity index (χ2n) is 10.1. The van der Waals surface area contributed by atoms with Crippen LogP contribution in [0.2, 0.25) is 0 Å². The maximum atomic E-state index is 13.4. The van der Waals surface area contributed by atoms with Gasteiger partial charge in [-0.05, 0) is 57.7 Å². The second-order valence-corrected chi connectivity index (χ2v) is 10.1. The number of halogens is 9. The summed E-state index contributed by atoms with van der Waals surface area (Å²) in [6.07, 6.45) is -19.1. The van der Waals surface area contributed by atoms with Crippen molar-refractivity contribution in [2.45, 2.75) is 95.2 Å². The van der Waals surface area contributed by atoms with E-state index >= 15 is 0 Å². The van der Waals surface area contributed by atoms with E-state index in [1.54, 1.807) is 6.92 Å². The first kappa shape index (κ1) is 31.2. The van der Waals surface area contributed by atoms with Gasteiger partial charge in [0.1, 0.15) is 5.75 Å². The minimum absolute atomic E-state index is 0.110. The standard InChI is InChI=1S/C25H31F9N2O3/c1-3-5-16(2)38-19-14-18(23(26,27)28)7-6-17(19)15-36-11-4-8-22(36)9-12-35(13-10-22)21(37)39-20(24(29,30)31)25(32,33)34/h6-7,14,16,20H,3-5,8-13,15H2,1-2H3. The van der Waals surface area contributed by atoms with E-state index in [1.807, 2.05) is 11.8 Å². The molecule has 14 heteroatoms. The van der Waals surface area contributed by atoms with Gasteiger partial charge in [-0.2, -0.15) is 39.5 Å². The molecule has 1 atom stereocenters. The van der Waals surface area contributed by atoms with Crippen molar-refractivity contribution < 1.29 is 53.8 Å². The molecule has 0 radical (unpaired) electrons. The minimum atomic E-state index is -5.80. The zero-order valence-electron chi connectivity index (χ0n) is 21.5. The Hall–Kier alpha value is -2.38. The van der Waals surface area contributed by atoms with Gasteiger partial charge in [0.25, 0.3) is 6.10 Å². The molecule has 1 amide bonds. The molecule has 1 aromatic rings. The summed E-state index contributed by atoms with van der Waals surface area (Å²) < 4.78 is 127. The number of nitrogens with zero attached hydrogens (tertiary/aromatic N) is 2. The SMILES string of the molecule is CCCC(C)Oc1cc(C(F)(F)F)ccc1CN1CCCC12CCN(C(=O)OC(C(F)(F)F)C(F)(F)F)CC2. The van der Waals surface area contributed by atoms with Crippen molar-refractivity contribution in [3.05, 3.63) is 29.3 Å². The van der Waals surface area contributed by atoms with Gasteiger partial charge < -0.3 is 14.4 Å². The fourth-order valence-corrected chi connectivity index (χ4v) is 5.27. The molecular formula is C25H31F9N2O3. The fraction of sp³-hybridized carbons (Fsp3) is 0.720. The van der Waals surface area contributed by atoms with E-state index in [2.05, 4.69) is 4.74 Å². The van der Waals surface area contributed by atoms with Gasteiger partial charge in [0.2, 0.25) is 0 Å². The van der Waals surface area contributed by atoms with Gasteiger partial charge in [0, 0.05) is 30.7 Å². The first-order valence-corrected chi connectivity index (χ1v) is 12.7. The third-order valence-electron chi connectivity index (χ3n) is 7.29. The van der Waals surface area contributed by atoms with Crippen LogP contribution in [0.25, 0.3) is 0 Å². The van der Waals surface area contributed by atoms with Crippen LogP contribution in [0.3, 0.4) is 0 Å². The van der Waals surface area contributed by atoms with Crippen LogP contribution >= 0.6 is 0 Å². The van der Waals surface area contributed by atoms with Gasteiger partial charge in [-0.25, -0.2) is 4.79 Å². The van der Waals surface area contributed by atoms with Gasteiger partial charge >= 0.3 is 24.6 Å². The molecule has 1 unspecified atom stereocenters. The van der Waals surface area contributed by atoms with Crippen LogP contribution in [0.5, 0.6) is 5.75 Å². The first-order valence-electron chi connectivity index (χ1n) is 12.7. The highest BCUT2D eigenvalue weighted by Gasteiger charge is 2.60. The molecule has 3 rings (SSSR count). The number of carbonyl (C=O) groups is 1. The molecule has 0 bridgehead atoms. The van der Waals surface area contributed by atoms with Crippen LogP contribution < -0.4 is 4.74 Å². The topological polar surface area (TPSA) is 42.0 Å². The second kappa shape index (κ2) is 11.6. The number of likely N-dealkylation sites (tertiary alicyclic amines) is 2. The van der Waals surface area contributed by atoms with Crippen molar-refractivity contribution in [1.29, 1.82) is 0 Å². The van der Waals surface area contributed by atoms with E-state index in [-0.39, 0.29) is 44.3 Å². The lowest BCUT2D eigenvalue weighted by Crippen LogP contribution is -2.54. The molecule has 222 valence electrons. The summed E-state index contributed by atoms with van der Waals surface area (Å²) in [6, 6.07) is 3.32. The highest BCUT2D eigenvalue weighted by Crippen LogP contribution is 2.42. The largest absolute Gasteiger partial charge is 0.490 e. The van der Waals surface area contributed by atoms with E-state index in [0.29, 0.717) is 24.9 Å². The molecule has 5 nitrogen and oxygen atoms in total. The van der Waals surface area contributed by atoms with Crippen LogP contribution in [0.1, 0.15) is 63.5 Å². The van der Waals surface area contributed by atoms with Gasteiger partial charge in [0.05, 0.1) is 11.7 Å². The summed E-state index contributed by atoms with van der Waals surface area (Å²) >= 11 is 0. The summed E-state index contributed by atoms with van der Waals surface area (Å²) in [6.45, 7) is 4.27. The number of ether oxygens (including phenoxy) is 2. The van der Waals surface area contributed by atoms with Crippen LogP contribution in [0, 0.1) is 0 Å². The molecule has 0 saturated carbocycles. The summed E-state index contributed by atoms with van der Waals surface area (Å²) in [5.74, 6) is 0.110. The number of amides is 1. The van der Waals surface area contributed by atoms with Gasteiger partial charge in [-0.3, -0.25) is 4.90 Å². The third-order valence-corrected chi connectivity index (χ3v) is 7.29. The number of benzene rings is 1. The lowest BCUT2D eigenvalue weighted by molar-refractivity contribution is -0.308. The molecular weight excluding hydrogens is 547 g/mol. The van der Waals surface area contributed by atoms with Gasteiger partial charge in [-0.1, -0.05) is 19.4 Å². The summed E-state index contributed by atoms with van der Waals surface area (Å²) in [5.41, 5.74) is -0.824. The average molecular weight is 579 g/mol. The van der Waals surface area contributed by atoms with E-state index in [4.69, 9.17) is 4.74 Å². The van der Waals surface area contributed by atoms with E-state index in [1.165, 1.54) is 6.07 Å². The summed E-state index contributed by atoms with van der Waals surface area (Å²) in [7, 11) is 0. The Labute approximate surface area is 220 Å². The van der Waals surface area contributed by atoms with Crippen molar-refractivity contribution in [2.24, 2.45) is 0 Å². The summed E-state index contributed by atoms with van der Waals surface area (Å²) in [4.78, 5) is 15.0. The maximum Gasteiger partial charge on any atom is 0.434 e. The molecule has 1 spiro atoms. The van der Waals surface area contributed by atoms with E-state index in [9.17, 15) is 44.3 Å².